The summed E-state index contributed by atoms with van der Waals surface area (Å²) in [7, 11) is 0. The van der Waals surface area contributed by atoms with Gasteiger partial charge in [-0.05, 0) is 46.6 Å². The van der Waals surface area contributed by atoms with E-state index in [1.165, 1.54) is 0 Å². The molecule has 3 amide bonds. The van der Waals surface area contributed by atoms with Crippen molar-refractivity contribution in [3.8, 4) is 0 Å². The number of aryl methyl sites for hydroxylation is 2. The summed E-state index contributed by atoms with van der Waals surface area (Å²) >= 11 is 0. The van der Waals surface area contributed by atoms with Gasteiger partial charge in [0.05, 0.1) is 24.3 Å². The third kappa shape index (κ3) is 5.18. The molecule has 0 saturated carbocycles. The highest BCUT2D eigenvalue weighted by Crippen LogP contribution is 2.22. The maximum Gasteiger partial charge on any atom is 0.255 e. The lowest BCUT2D eigenvalue weighted by molar-refractivity contribution is -0.150. The molecular formula is C21H31N3O5. The lowest BCUT2D eigenvalue weighted by atomic mass is 9.94. The lowest BCUT2D eigenvalue weighted by Crippen LogP contribution is -2.52. The molecule has 2 aliphatic rings. The van der Waals surface area contributed by atoms with Gasteiger partial charge in [0.1, 0.15) is 11.5 Å². The van der Waals surface area contributed by atoms with Crippen LogP contribution in [0.15, 0.2) is 10.5 Å². The SMILES string of the molecule is Cc1cc(C(=O)NCC(=O)N2CCC(C(=O)N3CC(C)OC(C)C3)CC2)c(C)o1. The minimum atomic E-state index is -0.312. The lowest BCUT2D eigenvalue weighted by Gasteiger charge is -2.39. The fraction of sp³-hybridized carbons (Fsp3) is 0.667. The van der Waals surface area contributed by atoms with Crippen LogP contribution in [0, 0.1) is 19.8 Å². The van der Waals surface area contributed by atoms with Crippen molar-refractivity contribution in [3.63, 3.8) is 0 Å². The third-order valence-corrected chi connectivity index (χ3v) is 5.61. The Labute approximate surface area is 171 Å². The number of morpholine rings is 1. The van der Waals surface area contributed by atoms with Crippen molar-refractivity contribution in [3.05, 3.63) is 23.2 Å². The van der Waals surface area contributed by atoms with E-state index in [0.29, 0.717) is 56.1 Å². The normalized spacial score (nSPS) is 23.2. The summed E-state index contributed by atoms with van der Waals surface area (Å²) in [6.45, 7) is 9.73. The molecule has 0 radical (unpaired) electrons. The number of carbonyl (C=O) groups is 3. The van der Waals surface area contributed by atoms with Crippen LogP contribution in [-0.4, -0.2) is 72.5 Å². The molecule has 0 spiro atoms. The number of nitrogens with zero attached hydrogens (tertiary/aromatic N) is 2. The summed E-state index contributed by atoms with van der Waals surface area (Å²) in [4.78, 5) is 41.1. The first-order chi connectivity index (χ1) is 13.7. The second-order valence-electron chi connectivity index (χ2n) is 8.17. The van der Waals surface area contributed by atoms with Gasteiger partial charge in [0.25, 0.3) is 5.91 Å². The highest BCUT2D eigenvalue weighted by molar-refractivity contribution is 5.97. The first-order valence-electron chi connectivity index (χ1n) is 10.3. The molecule has 2 saturated heterocycles. The van der Waals surface area contributed by atoms with E-state index in [-0.39, 0.29) is 42.4 Å². The van der Waals surface area contributed by atoms with Gasteiger partial charge in [-0.15, -0.1) is 0 Å². The van der Waals surface area contributed by atoms with Gasteiger partial charge in [0.2, 0.25) is 11.8 Å². The van der Waals surface area contributed by atoms with Crippen LogP contribution in [0.5, 0.6) is 0 Å². The fourth-order valence-electron chi connectivity index (χ4n) is 4.21. The van der Waals surface area contributed by atoms with Gasteiger partial charge in [0.15, 0.2) is 0 Å². The smallest absolute Gasteiger partial charge is 0.255 e. The molecule has 3 heterocycles. The molecule has 2 unspecified atom stereocenters. The van der Waals surface area contributed by atoms with Crippen LogP contribution in [0.2, 0.25) is 0 Å². The van der Waals surface area contributed by atoms with Crippen molar-refractivity contribution in [2.24, 2.45) is 5.92 Å². The van der Waals surface area contributed by atoms with Crippen LogP contribution in [0.25, 0.3) is 0 Å². The molecule has 1 N–H and O–H groups in total. The van der Waals surface area contributed by atoms with Crippen LogP contribution < -0.4 is 5.32 Å². The number of amides is 3. The molecule has 8 nitrogen and oxygen atoms in total. The molecule has 1 aromatic rings. The molecule has 29 heavy (non-hydrogen) atoms. The van der Waals surface area contributed by atoms with Gasteiger partial charge in [-0.25, -0.2) is 0 Å². The summed E-state index contributed by atoms with van der Waals surface area (Å²) < 4.78 is 11.1. The van der Waals surface area contributed by atoms with E-state index in [1.807, 2.05) is 18.7 Å². The maximum atomic E-state index is 12.8. The number of ether oxygens (including phenoxy) is 1. The number of likely N-dealkylation sites (tertiary alicyclic amines) is 1. The zero-order valence-corrected chi connectivity index (χ0v) is 17.7. The Morgan fingerprint density at radius 3 is 2.24 bits per heavy atom. The van der Waals surface area contributed by atoms with Gasteiger partial charge in [-0.1, -0.05) is 0 Å². The minimum absolute atomic E-state index is 0.0515. The van der Waals surface area contributed by atoms with Crippen molar-refractivity contribution in [1.82, 2.24) is 15.1 Å². The summed E-state index contributed by atoms with van der Waals surface area (Å²) in [5, 5.41) is 2.67. The van der Waals surface area contributed by atoms with Gasteiger partial charge >= 0.3 is 0 Å². The zero-order chi connectivity index (χ0) is 21.1. The Hall–Kier alpha value is -2.35. The van der Waals surface area contributed by atoms with Crippen molar-refractivity contribution in [2.45, 2.75) is 52.7 Å². The first-order valence-corrected chi connectivity index (χ1v) is 10.3. The van der Waals surface area contributed by atoms with Crippen LogP contribution in [0.1, 0.15) is 48.6 Å². The average Bonchev–Trinajstić information content (AvgIpc) is 3.02. The maximum absolute atomic E-state index is 12.8. The monoisotopic (exact) mass is 405 g/mol. The molecule has 2 fully saturated rings. The van der Waals surface area contributed by atoms with Gasteiger partial charge < -0.3 is 24.3 Å². The van der Waals surface area contributed by atoms with Crippen LogP contribution in [0.3, 0.4) is 0 Å². The Morgan fingerprint density at radius 2 is 1.69 bits per heavy atom. The molecule has 2 atom stereocenters. The van der Waals surface area contributed by atoms with Gasteiger partial charge in [-0.2, -0.15) is 0 Å². The first kappa shape index (κ1) is 21.4. The van der Waals surface area contributed by atoms with Crippen LogP contribution >= 0.6 is 0 Å². The van der Waals surface area contributed by atoms with Gasteiger partial charge in [0, 0.05) is 32.1 Å². The minimum Gasteiger partial charge on any atom is -0.466 e. The number of rotatable bonds is 4. The molecule has 0 aromatic carbocycles. The fourth-order valence-corrected chi connectivity index (χ4v) is 4.21. The summed E-state index contributed by atoms with van der Waals surface area (Å²) in [6.07, 6.45) is 1.41. The van der Waals surface area contributed by atoms with E-state index < -0.39 is 0 Å². The zero-order valence-electron chi connectivity index (χ0n) is 17.7. The molecule has 2 aliphatic heterocycles. The topological polar surface area (TPSA) is 92.1 Å². The Kier molecular flexibility index (Phi) is 6.62. The standard InChI is InChI=1S/C21H31N3O5/c1-13-9-18(16(4)29-13)20(26)22-10-19(25)23-7-5-17(6-8-23)21(27)24-11-14(2)28-15(3)12-24/h9,14-15,17H,5-8,10-12H2,1-4H3,(H,22,26). The second-order valence-corrected chi connectivity index (χ2v) is 8.17. The molecule has 1 aromatic heterocycles. The molecule has 0 bridgehead atoms. The van der Waals surface area contributed by atoms with Crippen molar-refractivity contribution in [1.29, 1.82) is 0 Å². The van der Waals surface area contributed by atoms with E-state index in [2.05, 4.69) is 5.32 Å². The Balaban J connectivity index is 1.45. The Bertz CT molecular complexity index is 756. The molecular weight excluding hydrogens is 374 g/mol. The van der Waals surface area contributed by atoms with Crippen molar-refractivity contribution < 1.29 is 23.5 Å². The number of carbonyl (C=O) groups excluding carboxylic acids is 3. The predicted octanol–water partition coefficient (Wildman–Crippen LogP) is 1.50. The van der Waals surface area contributed by atoms with Gasteiger partial charge in [-0.3, -0.25) is 14.4 Å². The quantitative estimate of drug-likeness (QED) is 0.820. The highest BCUT2D eigenvalue weighted by atomic mass is 16.5. The van der Waals surface area contributed by atoms with Crippen LogP contribution in [-0.2, 0) is 14.3 Å². The highest BCUT2D eigenvalue weighted by Gasteiger charge is 2.33. The van der Waals surface area contributed by atoms with E-state index in [0.717, 1.165) is 0 Å². The molecule has 3 rings (SSSR count). The van der Waals surface area contributed by atoms with E-state index in [9.17, 15) is 14.4 Å². The average molecular weight is 405 g/mol. The summed E-state index contributed by atoms with van der Waals surface area (Å²) in [6, 6.07) is 1.67. The predicted molar refractivity (Wildman–Crippen MR) is 106 cm³/mol. The van der Waals surface area contributed by atoms with Crippen molar-refractivity contribution >= 4 is 17.7 Å². The summed E-state index contributed by atoms with van der Waals surface area (Å²) in [5.41, 5.74) is 0.452. The second kappa shape index (κ2) is 8.98. The number of hydrogen-bond donors (Lipinski definition) is 1. The molecule has 0 aliphatic carbocycles. The number of piperidine rings is 1. The van der Waals surface area contributed by atoms with E-state index >= 15 is 0 Å². The van der Waals surface area contributed by atoms with E-state index in [1.54, 1.807) is 24.8 Å². The molecule has 160 valence electrons. The van der Waals surface area contributed by atoms with E-state index in [4.69, 9.17) is 9.15 Å². The Morgan fingerprint density at radius 1 is 1.07 bits per heavy atom. The largest absolute Gasteiger partial charge is 0.466 e. The molecule has 8 heteroatoms. The third-order valence-electron chi connectivity index (χ3n) is 5.61. The summed E-state index contributed by atoms with van der Waals surface area (Å²) in [5.74, 6) is 0.873. The van der Waals surface area contributed by atoms with Crippen molar-refractivity contribution in [2.75, 3.05) is 32.7 Å². The number of hydrogen-bond acceptors (Lipinski definition) is 5. The number of furan rings is 1. The number of nitrogens with one attached hydrogen (secondary N) is 1. The van der Waals surface area contributed by atoms with Crippen LogP contribution in [0.4, 0.5) is 0 Å².